The minimum atomic E-state index is -0.338. The second kappa shape index (κ2) is 8.39. The van der Waals surface area contributed by atoms with E-state index in [1.165, 1.54) is 4.90 Å². The average molecular weight is 148 g/mol. The molecule has 0 aliphatic heterocycles. The van der Waals surface area contributed by atoms with E-state index in [-0.39, 0.29) is 6.10 Å². The molecular formula is C6H16N2O2. The summed E-state index contributed by atoms with van der Waals surface area (Å²) in [5.74, 6) is 0. The molecule has 0 aromatic heterocycles. The van der Waals surface area contributed by atoms with Gasteiger partial charge in [-0.3, -0.25) is 4.79 Å². The lowest BCUT2D eigenvalue weighted by molar-refractivity contribution is -0.115. The smallest absolute Gasteiger partial charge is 0.209 e. The van der Waals surface area contributed by atoms with Crippen LogP contribution in [0.15, 0.2) is 0 Å². The van der Waals surface area contributed by atoms with Crippen LogP contribution in [-0.4, -0.2) is 43.2 Å². The van der Waals surface area contributed by atoms with Crippen LogP contribution < -0.4 is 5.73 Å². The third-order valence-corrected chi connectivity index (χ3v) is 0.552. The molecule has 3 N–H and O–H groups in total. The van der Waals surface area contributed by atoms with E-state index >= 15 is 0 Å². The fraction of sp³-hybridized carbons (Fsp3) is 0.833. The molecule has 0 aliphatic rings. The Morgan fingerprint density at radius 1 is 1.70 bits per heavy atom. The zero-order valence-electron chi connectivity index (χ0n) is 6.74. The molecule has 0 heterocycles. The van der Waals surface area contributed by atoms with Gasteiger partial charge in [-0.15, -0.1) is 0 Å². The van der Waals surface area contributed by atoms with Gasteiger partial charge in [0.1, 0.15) is 0 Å². The van der Waals surface area contributed by atoms with Crippen molar-refractivity contribution in [2.45, 2.75) is 13.0 Å². The lowest BCUT2D eigenvalue weighted by Gasteiger charge is -1.93. The standard InChI is InChI=1S/C3H7NO.C3H9NO/c1-4(2)3-5;1-3(5)2-4/h3H,1-2H3;3,5H,2,4H2,1H3. The SMILES string of the molecule is CC(O)CN.CN(C)C=O. The lowest BCUT2D eigenvalue weighted by atomic mass is 10.4. The maximum atomic E-state index is 9.43. The van der Waals surface area contributed by atoms with Crippen molar-refractivity contribution in [3.63, 3.8) is 0 Å². The monoisotopic (exact) mass is 148 g/mol. The first-order valence-electron chi connectivity index (χ1n) is 3.04. The highest BCUT2D eigenvalue weighted by Gasteiger charge is 1.81. The third-order valence-electron chi connectivity index (χ3n) is 0.552. The highest BCUT2D eigenvalue weighted by atomic mass is 16.3. The van der Waals surface area contributed by atoms with Gasteiger partial charge in [0.25, 0.3) is 0 Å². The van der Waals surface area contributed by atoms with Crippen LogP contribution in [0.2, 0.25) is 0 Å². The lowest BCUT2D eigenvalue weighted by Crippen LogP contribution is -2.14. The number of hydrogen-bond donors (Lipinski definition) is 2. The van der Waals surface area contributed by atoms with Crippen LogP contribution in [-0.2, 0) is 4.79 Å². The number of amides is 1. The number of rotatable bonds is 2. The van der Waals surface area contributed by atoms with E-state index in [1.807, 2.05) is 0 Å². The number of carbonyl (C=O) groups is 1. The van der Waals surface area contributed by atoms with Crippen molar-refractivity contribution in [2.24, 2.45) is 5.73 Å². The highest BCUT2D eigenvalue weighted by molar-refractivity contribution is 5.45. The van der Waals surface area contributed by atoms with E-state index in [0.717, 1.165) is 6.41 Å². The Hall–Kier alpha value is -0.610. The van der Waals surface area contributed by atoms with E-state index in [9.17, 15) is 4.79 Å². The van der Waals surface area contributed by atoms with Gasteiger partial charge in [-0.05, 0) is 6.92 Å². The van der Waals surface area contributed by atoms with Gasteiger partial charge in [-0.25, -0.2) is 0 Å². The minimum absolute atomic E-state index is 0.338. The second-order valence-electron chi connectivity index (χ2n) is 2.15. The number of aliphatic hydroxyl groups is 1. The maximum absolute atomic E-state index is 9.43. The van der Waals surface area contributed by atoms with Gasteiger partial charge >= 0.3 is 0 Å². The van der Waals surface area contributed by atoms with E-state index in [4.69, 9.17) is 10.8 Å². The van der Waals surface area contributed by atoms with E-state index in [0.29, 0.717) is 6.54 Å². The van der Waals surface area contributed by atoms with E-state index in [2.05, 4.69) is 0 Å². The molecule has 0 aromatic carbocycles. The summed E-state index contributed by atoms with van der Waals surface area (Å²) in [5.41, 5.74) is 4.92. The fourth-order valence-corrected chi connectivity index (χ4v) is 0. The van der Waals surface area contributed by atoms with Gasteiger partial charge in [-0.1, -0.05) is 0 Å². The molecule has 0 spiro atoms. The summed E-state index contributed by atoms with van der Waals surface area (Å²) >= 11 is 0. The van der Waals surface area contributed by atoms with Gasteiger partial charge in [-0.2, -0.15) is 0 Å². The average Bonchev–Trinajstić information content (AvgIpc) is 1.89. The molecule has 4 nitrogen and oxygen atoms in total. The first kappa shape index (κ1) is 12.1. The van der Waals surface area contributed by atoms with Gasteiger partial charge in [0.15, 0.2) is 0 Å². The zero-order valence-corrected chi connectivity index (χ0v) is 6.74. The van der Waals surface area contributed by atoms with Crippen molar-refractivity contribution in [3.8, 4) is 0 Å². The van der Waals surface area contributed by atoms with Crippen molar-refractivity contribution in [1.82, 2.24) is 4.90 Å². The Kier molecular flexibility index (Phi) is 10.2. The van der Waals surface area contributed by atoms with Gasteiger partial charge < -0.3 is 15.7 Å². The van der Waals surface area contributed by atoms with Gasteiger partial charge in [0, 0.05) is 20.6 Å². The Morgan fingerprint density at radius 2 is 1.90 bits per heavy atom. The van der Waals surface area contributed by atoms with Crippen LogP contribution in [0, 0.1) is 0 Å². The first-order chi connectivity index (χ1) is 4.54. The Balaban J connectivity index is 0. The number of aliphatic hydroxyl groups excluding tert-OH is 1. The predicted molar refractivity (Wildman–Crippen MR) is 40.5 cm³/mol. The van der Waals surface area contributed by atoms with Crippen LogP contribution in [0.4, 0.5) is 0 Å². The molecule has 0 bridgehead atoms. The molecule has 0 fully saturated rings. The molecule has 1 atom stereocenters. The van der Waals surface area contributed by atoms with Crippen molar-refractivity contribution in [1.29, 1.82) is 0 Å². The number of carbonyl (C=O) groups excluding carboxylic acids is 1. The summed E-state index contributed by atoms with van der Waals surface area (Å²) in [6.45, 7) is 2.01. The topological polar surface area (TPSA) is 66.6 Å². The summed E-state index contributed by atoms with van der Waals surface area (Å²) in [6.07, 6.45) is 0.412. The van der Waals surface area contributed by atoms with Crippen LogP contribution in [0.1, 0.15) is 6.92 Å². The largest absolute Gasteiger partial charge is 0.392 e. The number of nitrogens with zero attached hydrogens (tertiary/aromatic N) is 1. The molecule has 0 radical (unpaired) electrons. The predicted octanol–water partition coefficient (Wildman–Crippen LogP) is -0.970. The first-order valence-corrected chi connectivity index (χ1v) is 3.04. The summed E-state index contributed by atoms with van der Waals surface area (Å²) in [5, 5.41) is 8.24. The van der Waals surface area contributed by atoms with E-state index < -0.39 is 0 Å². The molecular weight excluding hydrogens is 132 g/mol. The van der Waals surface area contributed by atoms with E-state index in [1.54, 1.807) is 21.0 Å². The Labute approximate surface area is 61.6 Å². The molecule has 0 aromatic rings. The van der Waals surface area contributed by atoms with Crippen LogP contribution in [0.5, 0.6) is 0 Å². The molecule has 1 amide bonds. The molecule has 4 heteroatoms. The summed E-state index contributed by atoms with van der Waals surface area (Å²) in [7, 11) is 3.38. The van der Waals surface area contributed by atoms with Gasteiger partial charge in [0.2, 0.25) is 6.41 Å². The number of hydrogen-bond acceptors (Lipinski definition) is 3. The van der Waals surface area contributed by atoms with Crippen molar-refractivity contribution in [2.75, 3.05) is 20.6 Å². The molecule has 0 saturated carbocycles. The maximum Gasteiger partial charge on any atom is 0.209 e. The fourth-order valence-electron chi connectivity index (χ4n) is 0. The third kappa shape index (κ3) is 26.3. The molecule has 0 rings (SSSR count). The molecule has 62 valence electrons. The molecule has 1 unspecified atom stereocenters. The van der Waals surface area contributed by atoms with Crippen LogP contribution in [0.3, 0.4) is 0 Å². The second-order valence-corrected chi connectivity index (χ2v) is 2.15. The van der Waals surface area contributed by atoms with Crippen molar-refractivity contribution >= 4 is 6.41 Å². The summed E-state index contributed by atoms with van der Waals surface area (Å²) in [6, 6.07) is 0. The summed E-state index contributed by atoms with van der Waals surface area (Å²) in [4.78, 5) is 10.9. The van der Waals surface area contributed by atoms with Crippen molar-refractivity contribution < 1.29 is 9.90 Å². The van der Waals surface area contributed by atoms with Crippen molar-refractivity contribution in [3.05, 3.63) is 0 Å². The molecule has 0 aliphatic carbocycles. The quantitative estimate of drug-likeness (QED) is 0.495. The minimum Gasteiger partial charge on any atom is -0.392 e. The molecule has 0 saturated heterocycles. The highest BCUT2D eigenvalue weighted by Crippen LogP contribution is 1.65. The number of nitrogens with two attached hydrogens (primary N) is 1. The normalized spacial score (nSPS) is 10.9. The zero-order chi connectivity index (χ0) is 8.57. The Morgan fingerprint density at radius 3 is 1.90 bits per heavy atom. The van der Waals surface area contributed by atoms with Crippen LogP contribution in [0.25, 0.3) is 0 Å². The summed E-state index contributed by atoms with van der Waals surface area (Å²) < 4.78 is 0. The van der Waals surface area contributed by atoms with Crippen LogP contribution >= 0.6 is 0 Å². The van der Waals surface area contributed by atoms with Gasteiger partial charge in [0.05, 0.1) is 6.10 Å². The Bertz CT molecular complexity index is 74.1. The molecule has 10 heavy (non-hydrogen) atoms.